The van der Waals surface area contributed by atoms with E-state index in [9.17, 15) is 0 Å². The molecule has 0 aliphatic heterocycles. The number of pyridine rings is 1. The van der Waals surface area contributed by atoms with E-state index in [1.807, 2.05) is 17.1 Å². The lowest BCUT2D eigenvalue weighted by molar-refractivity contribution is 0.478. The van der Waals surface area contributed by atoms with Gasteiger partial charge in [0.2, 0.25) is 0 Å². The van der Waals surface area contributed by atoms with E-state index < -0.39 is 0 Å². The second-order valence-corrected chi connectivity index (χ2v) is 16.0. The molecule has 3 heterocycles. The third kappa shape index (κ3) is 6.58. The van der Waals surface area contributed by atoms with Crippen molar-refractivity contribution in [3.05, 3.63) is 131 Å². The summed E-state index contributed by atoms with van der Waals surface area (Å²) >= 11 is 0. The lowest BCUT2D eigenvalue weighted by atomic mass is 9.84. The van der Waals surface area contributed by atoms with Gasteiger partial charge in [-0.2, -0.15) is 5.10 Å². The number of ether oxygens (including phenoxy) is 1. The van der Waals surface area contributed by atoms with Crippen molar-refractivity contribution >= 4 is 21.8 Å². The number of fused-ring (bicyclic) bond motifs is 3. The Labute approximate surface area is 302 Å². The highest BCUT2D eigenvalue weighted by Gasteiger charge is 2.21. The van der Waals surface area contributed by atoms with Crippen molar-refractivity contribution in [3.63, 3.8) is 0 Å². The summed E-state index contributed by atoms with van der Waals surface area (Å²) in [6, 6.07) is 30.4. The Hall–Kier alpha value is -5.16. The molecule has 260 valence electrons. The van der Waals surface area contributed by atoms with Crippen molar-refractivity contribution in [2.75, 3.05) is 0 Å². The summed E-state index contributed by atoms with van der Waals surface area (Å²) in [6.45, 7) is 22.5. The van der Waals surface area contributed by atoms with Gasteiger partial charge in [-0.15, -0.1) is 0 Å². The van der Waals surface area contributed by atoms with Crippen LogP contribution in [-0.2, 0) is 5.41 Å². The second kappa shape index (κ2) is 13.2. The van der Waals surface area contributed by atoms with Crippen molar-refractivity contribution in [1.29, 1.82) is 0 Å². The highest BCUT2D eigenvalue weighted by Crippen LogP contribution is 2.39. The smallest absolute Gasteiger partial charge is 0.137 e. The van der Waals surface area contributed by atoms with Crippen molar-refractivity contribution in [3.8, 4) is 34.1 Å². The number of hydrogen-bond acceptors (Lipinski definition) is 3. The van der Waals surface area contributed by atoms with Gasteiger partial charge in [0, 0.05) is 40.9 Å². The van der Waals surface area contributed by atoms with Crippen molar-refractivity contribution in [2.24, 2.45) is 0 Å². The molecule has 0 fully saturated rings. The first kappa shape index (κ1) is 34.3. The summed E-state index contributed by atoms with van der Waals surface area (Å²) in [6.07, 6.45) is 6.11. The number of para-hydroxylation sites is 1. The zero-order valence-corrected chi connectivity index (χ0v) is 31.7. The third-order valence-corrected chi connectivity index (χ3v) is 10.0. The molecule has 0 atom stereocenters. The summed E-state index contributed by atoms with van der Waals surface area (Å²) in [5, 5.41) is 7.30. The molecule has 7 rings (SSSR count). The topological polar surface area (TPSA) is 44.9 Å². The second-order valence-electron chi connectivity index (χ2n) is 16.0. The van der Waals surface area contributed by atoms with E-state index in [0.717, 1.165) is 39.6 Å². The molecule has 0 saturated carbocycles. The van der Waals surface area contributed by atoms with Crippen LogP contribution in [0.3, 0.4) is 0 Å². The molecule has 0 amide bonds. The van der Waals surface area contributed by atoms with Gasteiger partial charge >= 0.3 is 0 Å². The third-order valence-electron chi connectivity index (χ3n) is 10.0. The first-order chi connectivity index (χ1) is 24.3. The Morgan fingerprint density at radius 1 is 0.686 bits per heavy atom. The minimum Gasteiger partial charge on any atom is -0.457 e. The van der Waals surface area contributed by atoms with Gasteiger partial charge < -0.3 is 4.74 Å². The van der Waals surface area contributed by atoms with E-state index in [1.54, 1.807) is 0 Å². The number of nitrogens with zero attached hydrogens (tertiary/aromatic N) is 4. The van der Waals surface area contributed by atoms with E-state index in [-0.39, 0.29) is 5.41 Å². The molecule has 0 saturated heterocycles. The van der Waals surface area contributed by atoms with Crippen LogP contribution in [0.5, 0.6) is 11.5 Å². The van der Waals surface area contributed by atoms with E-state index in [1.165, 1.54) is 44.2 Å². The van der Waals surface area contributed by atoms with Crippen LogP contribution in [0.25, 0.3) is 44.4 Å². The molecule has 51 heavy (non-hydrogen) atoms. The van der Waals surface area contributed by atoms with Crippen LogP contribution in [0.15, 0.2) is 104 Å². The maximum atomic E-state index is 6.76. The molecular formula is C46H50N4O. The fraction of sp³-hybridized carbons (Fsp3) is 0.304. The first-order valence-electron chi connectivity index (χ1n) is 18.3. The van der Waals surface area contributed by atoms with Gasteiger partial charge in [0.15, 0.2) is 0 Å². The van der Waals surface area contributed by atoms with Gasteiger partial charge in [-0.1, -0.05) is 98.2 Å². The van der Waals surface area contributed by atoms with Gasteiger partial charge in [-0.3, -0.25) is 4.57 Å². The molecule has 0 aliphatic rings. The SMILES string of the molecule is Cc1cc(C(C)C)c(-c2cnn(-c3cc(Oc4ccc5c6ccccc6n(-c6cc(C(C)C)ccn6)c5c4)cc(C(C)(C)C)c3)c2)c(C(C)C)c1. The minimum absolute atomic E-state index is 0.0971. The Morgan fingerprint density at radius 2 is 1.39 bits per heavy atom. The largest absolute Gasteiger partial charge is 0.457 e. The molecule has 0 bridgehead atoms. The lowest BCUT2D eigenvalue weighted by Crippen LogP contribution is -2.12. The van der Waals surface area contributed by atoms with E-state index >= 15 is 0 Å². The van der Waals surface area contributed by atoms with Crippen LogP contribution in [0, 0.1) is 6.92 Å². The van der Waals surface area contributed by atoms with Crippen LogP contribution in [-0.4, -0.2) is 19.3 Å². The molecular weight excluding hydrogens is 625 g/mol. The van der Waals surface area contributed by atoms with Crippen molar-refractivity contribution < 1.29 is 4.74 Å². The molecule has 5 heteroatoms. The van der Waals surface area contributed by atoms with Gasteiger partial charge in [0.25, 0.3) is 0 Å². The zero-order valence-electron chi connectivity index (χ0n) is 31.7. The van der Waals surface area contributed by atoms with Crippen LogP contribution in [0.1, 0.15) is 108 Å². The Bertz CT molecular complexity index is 2350. The number of aromatic nitrogens is 4. The average Bonchev–Trinajstić information content (AvgIpc) is 3.70. The molecule has 0 aliphatic carbocycles. The molecule has 5 nitrogen and oxygen atoms in total. The fourth-order valence-corrected chi connectivity index (χ4v) is 7.20. The monoisotopic (exact) mass is 674 g/mol. The van der Waals surface area contributed by atoms with Crippen molar-refractivity contribution in [1.82, 2.24) is 19.3 Å². The van der Waals surface area contributed by atoms with Crippen LogP contribution >= 0.6 is 0 Å². The Morgan fingerprint density at radius 3 is 2.08 bits per heavy atom. The number of aryl methyl sites for hydroxylation is 1. The fourth-order valence-electron chi connectivity index (χ4n) is 7.20. The molecule has 0 unspecified atom stereocenters. The molecule has 0 N–H and O–H groups in total. The average molecular weight is 675 g/mol. The molecule has 0 radical (unpaired) electrons. The van der Waals surface area contributed by atoms with Gasteiger partial charge in [0.1, 0.15) is 17.3 Å². The number of hydrogen-bond donors (Lipinski definition) is 0. The quantitative estimate of drug-likeness (QED) is 0.161. The molecule has 7 aromatic rings. The maximum Gasteiger partial charge on any atom is 0.137 e. The first-order valence-corrected chi connectivity index (χ1v) is 18.3. The zero-order chi connectivity index (χ0) is 36.2. The van der Waals surface area contributed by atoms with E-state index in [4.69, 9.17) is 14.8 Å². The van der Waals surface area contributed by atoms with Crippen LogP contribution in [0.4, 0.5) is 0 Å². The summed E-state index contributed by atoms with van der Waals surface area (Å²) in [5.41, 5.74) is 12.0. The number of benzene rings is 4. The predicted molar refractivity (Wildman–Crippen MR) is 213 cm³/mol. The standard InChI is InChI=1S/C46H50N4O/c1-28(2)32-17-18-47-44(21-32)50-42-14-12-11-13-38(42)39-16-15-36(25-43(39)50)51-37-23-34(46(8,9)10)22-35(24-37)49-27-33(26-48-49)45-40(29(3)4)19-31(7)20-41(45)30(5)6/h11-30H,1-10H3. The highest BCUT2D eigenvalue weighted by atomic mass is 16.5. The molecule has 3 aromatic heterocycles. The van der Waals surface area contributed by atoms with Gasteiger partial charge in [-0.05, 0) is 100 Å². The summed E-state index contributed by atoms with van der Waals surface area (Å²) < 4.78 is 11.0. The molecule has 0 spiro atoms. The van der Waals surface area contributed by atoms with E-state index in [2.05, 4.69) is 165 Å². The Balaban J connectivity index is 1.33. The number of rotatable bonds is 8. The predicted octanol–water partition coefficient (Wildman–Crippen LogP) is 12.8. The summed E-state index contributed by atoms with van der Waals surface area (Å²) in [7, 11) is 0. The van der Waals surface area contributed by atoms with Crippen LogP contribution in [0.2, 0.25) is 0 Å². The summed E-state index contributed by atoms with van der Waals surface area (Å²) in [5.74, 6) is 3.66. The highest BCUT2D eigenvalue weighted by molar-refractivity contribution is 6.09. The maximum absolute atomic E-state index is 6.76. The summed E-state index contributed by atoms with van der Waals surface area (Å²) in [4.78, 5) is 4.83. The molecule has 4 aromatic carbocycles. The van der Waals surface area contributed by atoms with Crippen molar-refractivity contribution in [2.45, 2.75) is 92.4 Å². The van der Waals surface area contributed by atoms with Crippen LogP contribution < -0.4 is 4.74 Å². The van der Waals surface area contributed by atoms with Gasteiger partial charge in [-0.25, -0.2) is 9.67 Å². The lowest BCUT2D eigenvalue weighted by Gasteiger charge is -2.21. The van der Waals surface area contributed by atoms with E-state index in [0.29, 0.717) is 17.8 Å². The minimum atomic E-state index is -0.0971. The normalized spacial score (nSPS) is 12.3. The Kier molecular flexibility index (Phi) is 8.87. The van der Waals surface area contributed by atoms with Gasteiger partial charge in [0.05, 0.1) is 22.9 Å².